The molecule has 0 fully saturated rings. The lowest BCUT2D eigenvalue weighted by Gasteiger charge is -2.10. The van der Waals surface area contributed by atoms with Gasteiger partial charge in [-0.05, 0) is 45.4 Å². The van der Waals surface area contributed by atoms with Crippen molar-refractivity contribution in [2.24, 2.45) is 0 Å². The van der Waals surface area contributed by atoms with Crippen molar-refractivity contribution in [3.8, 4) is 0 Å². The van der Waals surface area contributed by atoms with Crippen LogP contribution in [0.4, 0.5) is 0 Å². The van der Waals surface area contributed by atoms with Crippen LogP contribution in [0.2, 0.25) is 0 Å². The lowest BCUT2D eigenvalue weighted by molar-refractivity contribution is -0.121. The third-order valence-corrected chi connectivity index (χ3v) is 3.12. The highest BCUT2D eigenvalue weighted by Crippen LogP contribution is 2.01. The molecule has 0 saturated carbocycles. The standard InChI is InChI=1S/C15H31NO3/c1-4-14(2)19-13-9-6-10-15(17)16-11-7-5-8-12-18-3/h14H,4-13H2,1-3H3,(H,16,17). The number of amides is 1. The Morgan fingerprint density at radius 3 is 2.53 bits per heavy atom. The Morgan fingerprint density at radius 2 is 1.84 bits per heavy atom. The van der Waals surface area contributed by atoms with E-state index in [1.165, 1.54) is 0 Å². The number of hydrogen-bond donors (Lipinski definition) is 1. The second kappa shape index (κ2) is 13.8. The molecule has 0 aliphatic heterocycles. The summed E-state index contributed by atoms with van der Waals surface area (Å²) in [7, 11) is 1.72. The quantitative estimate of drug-likeness (QED) is 0.525. The predicted molar refractivity (Wildman–Crippen MR) is 78.3 cm³/mol. The largest absolute Gasteiger partial charge is 0.385 e. The zero-order valence-electron chi connectivity index (χ0n) is 12.9. The van der Waals surface area contributed by atoms with Gasteiger partial charge in [-0.3, -0.25) is 4.79 Å². The highest BCUT2D eigenvalue weighted by atomic mass is 16.5. The summed E-state index contributed by atoms with van der Waals surface area (Å²) in [6.07, 6.45) is 7.08. The van der Waals surface area contributed by atoms with Crippen molar-refractivity contribution in [2.45, 2.75) is 64.9 Å². The number of carbonyl (C=O) groups is 1. The van der Waals surface area contributed by atoms with Crippen molar-refractivity contribution in [1.82, 2.24) is 5.32 Å². The molecule has 19 heavy (non-hydrogen) atoms. The molecule has 0 aliphatic rings. The van der Waals surface area contributed by atoms with Gasteiger partial charge in [-0.1, -0.05) is 6.92 Å². The summed E-state index contributed by atoms with van der Waals surface area (Å²) in [5.41, 5.74) is 0. The van der Waals surface area contributed by atoms with Gasteiger partial charge in [0.05, 0.1) is 6.10 Å². The molecule has 0 aromatic rings. The fraction of sp³-hybridized carbons (Fsp3) is 0.933. The molecule has 0 spiro atoms. The Kier molecular flexibility index (Phi) is 13.4. The lowest BCUT2D eigenvalue weighted by atomic mass is 10.2. The van der Waals surface area contributed by atoms with Crippen molar-refractivity contribution in [1.29, 1.82) is 0 Å². The van der Waals surface area contributed by atoms with Crippen LogP contribution in [0.3, 0.4) is 0 Å². The lowest BCUT2D eigenvalue weighted by Crippen LogP contribution is -2.24. The van der Waals surface area contributed by atoms with Crippen LogP contribution < -0.4 is 5.32 Å². The normalized spacial score (nSPS) is 12.4. The molecular weight excluding hydrogens is 242 g/mol. The molecule has 0 aliphatic carbocycles. The molecule has 0 radical (unpaired) electrons. The third-order valence-electron chi connectivity index (χ3n) is 3.12. The molecule has 0 aromatic carbocycles. The van der Waals surface area contributed by atoms with E-state index in [1.54, 1.807) is 7.11 Å². The molecule has 0 saturated heterocycles. The Bertz CT molecular complexity index is 210. The van der Waals surface area contributed by atoms with Crippen LogP contribution in [0, 0.1) is 0 Å². The van der Waals surface area contributed by atoms with Gasteiger partial charge < -0.3 is 14.8 Å². The molecule has 4 nitrogen and oxygen atoms in total. The number of ether oxygens (including phenoxy) is 2. The molecule has 1 N–H and O–H groups in total. The maximum absolute atomic E-state index is 11.5. The minimum Gasteiger partial charge on any atom is -0.385 e. The van der Waals surface area contributed by atoms with Crippen LogP contribution >= 0.6 is 0 Å². The maximum Gasteiger partial charge on any atom is 0.219 e. The van der Waals surface area contributed by atoms with E-state index in [0.717, 1.165) is 58.3 Å². The van der Waals surface area contributed by atoms with Crippen LogP contribution in [0.5, 0.6) is 0 Å². The van der Waals surface area contributed by atoms with Gasteiger partial charge in [-0.2, -0.15) is 0 Å². The van der Waals surface area contributed by atoms with Crippen LogP contribution in [0.25, 0.3) is 0 Å². The molecule has 1 atom stereocenters. The number of methoxy groups -OCH3 is 1. The second-order valence-electron chi connectivity index (χ2n) is 4.95. The highest BCUT2D eigenvalue weighted by Gasteiger charge is 2.01. The fourth-order valence-electron chi connectivity index (χ4n) is 1.65. The van der Waals surface area contributed by atoms with E-state index >= 15 is 0 Å². The van der Waals surface area contributed by atoms with Crippen LogP contribution in [0.1, 0.15) is 58.8 Å². The Labute approximate surface area is 118 Å². The number of hydrogen-bond acceptors (Lipinski definition) is 3. The average Bonchev–Trinajstić information content (AvgIpc) is 2.42. The van der Waals surface area contributed by atoms with Gasteiger partial charge in [0.1, 0.15) is 0 Å². The summed E-state index contributed by atoms with van der Waals surface area (Å²) in [5, 5.41) is 2.95. The minimum absolute atomic E-state index is 0.162. The number of carbonyl (C=O) groups excluding carboxylic acids is 1. The van der Waals surface area contributed by atoms with Crippen molar-refractivity contribution < 1.29 is 14.3 Å². The fourth-order valence-corrected chi connectivity index (χ4v) is 1.65. The molecule has 0 bridgehead atoms. The Hall–Kier alpha value is -0.610. The van der Waals surface area contributed by atoms with Gasteiger partial charge in [0.2, 0.25) is 5.91 Å². The Balaban J connectivity index is 3.21. The van der Waals surface area contributed by atoms with Crippen molar-refractivity contribution in [3.63, 3.8) is 0 Å². The summed E-state index contributed by atoms with van der Waals surface area (Å²) >= 11 is 0. The number of nitrogens with one attached hydrogen (secondary N) is 1. The summed E-state index contributed by atoms with van der Waals surface area (Å²) in [6.45, 7) is 6.55. The number of rotatable bonds is 13. The van der Waals surface area contributed by atoms with E-state index in [0.29, 0.717) is 12.5 Å². The molecule has 4 heteroatoms. The smallest absolute Gasteiger partial charge is 0.219 e. The van der Waals surface area contributed by atoms with E-state index in [2.05, 4.69) is 19.2 Å². The SMILES string of the molecule is CCC(C)OCCCCC(=O)NCCCCCOC. The molecule has 1 unspecified atom stereocenters. The molecule has 0 rings (SSSR count). The third kappa shape index (κ3) is 13.6. The zero-order valence-corrected chi connectivity index (χ0v) is 12.9. The minimum atomic E-state index is 0.162. The molecule has 0 aromatic heterocycles. The van der Waals surface area contributed by atoms with Gasteiger partial charge in [0.15, 0.2) is 0 Å². The van der Waals surface area contributed by atoms with Crippen molar-refractivity contribution in [2.75, 3.05) is 26.9 Å². The molecule has 1 amide bonds. The number of unbranched alkanes of at least 4 members (excludes halogenated alkanes) is 3. The van der Waals surface area contributed by atoms with Gasteiger partial charge in [-0.15, -0.1) is 0 Å². The van der Waals surface area contributed by atoms with E-state index < -0.39 is 0 Å². The van der Waals surface area contributed by atoms with Crippen LogP contribution in [-0.2, 0) is 14.3 Å². The van der Waals surface area contributed by atoms with Gasteiger partial charge in [0.25, 0.3) is 0 Å². The van der Waals surface area contributed by atoms with Crippen LogP contribution in [0.15, 0.2) is 0 Å². The second-order valence-corrected chi connectivity index (χ2v) is 4.95. The van der Waals surface area contributed by atoms with Crippen LogP contribution in [-0.4, -0.2) is 38.9 Å². The topological polar surface area (TPSA) is 47.6 Å². The first kappa shape index (κ1) is 18.4. The molecule has 114 valence electrons. The van der Waals surface area contributed by atoms with E-state index in [9.17, 15) is 4.79 Å². The highest BCUT2D eigenvalue weighted by molar-refractivity contribution is 5.75. The summed E-state index contributed by atoms with van der Waals surface area (Å²) in [5.74, 6) is 0.162. The average molecular weight is 273 g/mol. The Morgan fingerprint density at radius 1 is 1.11 bits per heavy atom. The maximum atomic E-state index is 11.5. The molecule has 0 heterocycles. The van der Waals surface area contributed by atoms with Crippen molar-refractivity contribution >= 4 is 5.91 Å². The first-order valence-corrected chi connectivity index (χ1v) is 7.58. The van der Waals surface area contributed by atoms with E-state index in [4.69, 9.17) is 9.47 Å². The van der Waals surface area contributed by atoms with Gasteiger partial charge in [0, 0.05) is 33.3 Å². The summed E-state index contributed by atoms with van der Waals surface area (Å²) in [4.78, 5) is 11.5. The first-order valence-electron chi connectivity index (χ1n) is 7.58. The van der Waals surface area contributed by atoms with E-state index in [-0.39, 0.29) is 5.91 Å². The zero-order chi connectivity index (χ0) is 14.3. The predicted octanol–water partition coefficient (Wildman–Crippen LogP) is 2.90. The summed E-state index contributed by atoms with van der Waals surface area (Å²) in [6, 6.07) is 0. The van der Waals surface area contributed by atoms with Gasteiger partial charge >= 0.3 is 0 Å². The van der Waals surface area contributed by atoms with Gasteiger partial charge in [-0.25, -0.2) is 0 Å². The first-order chi connectivity index (χ1) is 9.20. The van der Waals surface area contributed by atoms with Crippen molar-refractivity contribution in [3.05, 3.63) is 0 Å². The monoisotopic (exact) mass is 273 g/mol. The molecular formula is C15H31NO3. The van der Waals surface area contributed by atoms with E-state index in [1.807, 2.05) is 0 Å². The summed E-state index contributed by atoms with van der Waals surface area (Å²) < 4.78 is 10.5.